The molecule has 1 fully saturated rings. The zero-order valence-corrected chi connectivity index (χ0v) is 13.1. The van der Waals surface area contributed by atoms with Gasteiger partial charge in [-0.25, -0.2) is 4.39 Å². The SMILES string of the molecule is O=C(c1ccc(F)c(Br)c1)N(Cc1ccsc1)C1CC1. The number of thiophene rings is 1. The van der Waals surface area contributed by atoms with Crippen molar-refractivity contribution in [3.8, 4) is 0 Å². The van der Waals surface area contributed by atoms with Crippen molar-refractivity contribution >= 4 is 33.2 Å². The Balaban J connectivity index is 1.83. The van der Waals surface area contributed by atoms with Crippen molar-refractivity contribution in [1.82, 2.24) is 4.90 Å². The van der Waals surface area contributed by atoms with Gasteiger partial charge in [0.1, 0.15) is 5.82 Å². The minimum Gasteiger partial charge on any atom is -0.331 e. The second-order valence-electron chi connectivity index (χ2n) is 4.92. The molecule has 1 aliphatic rings. The lowest BCUT2D eigenvalue weighted by Gasteiger charge is -2.22. The van der Waals surface area contributed by atoms with Gasteiger partial charge < -0.3 is 4.90 Å². The molecule has 1 aromatic carbocycles. The molecule has 2 nitrogen and oxygen atoms in total. The van der Waals surface area contributed by atoms with Gasteiger partial charge in [-0.2, -0.15) is 11.3 Å². The van der Waals surface area contributed by atoms with E-state index in [1.807, 2.05) is 16.3 Å². The number of hydrogen-bond acceptors (Lipinski definition) is 2. The Kier molecular flexibility index (Phi) is 3.89. The van der Waals surface area contributed by atoms with Crippen LogP contribution in [0.25, 0.3) is 0 Å². The lowest BCUT2D eigenvalue weighted by Crippen LogP contribution is -2.32. The van der Waals surface area contributed by atoms with Crippen LogP contribution in [-0.2, 0) is 6.54 Å². The van der Waals surface area contributed by atoms with Crippen LogP contribution < -0.4 is 0 Å². The summed E-state index contributed by atoms with van der Waals surface area (Å²) in [6.07, 6.45) is 2.11. The fourth-order valence-electron chi connectivity index (χ4n) is 2.13. The van der Waals surface area contributed by atoms with E-state index in [9.17, 15) is 9.18 Å². The highest BCUT2D eigenvalue weighted by atomic mass is 79.9. The molecule has 20 heavy (non-hydrogen) atoms. The van der Waals surface area contributed by atoms with Crippen LogP contribution in [0.3, 0.4) is 0 Å². The van der Waals surface area contributed by atoms with Gasteiger partial charge in [-0.1, -0.05) is 0 Å². The second kappa shape index (κ2) is 5.66. The number of amides is 1. The third-order valence-corrected chi connectivity index (χ3v) is 4.69. The summed E-state index contributed by atoms with van der Waals surface area (Å²) >= 11 is 4.76. The van der Waals surface area contributed by atoms with E-state index in [4.69, 9.17) is 0 Å². The Hall–Kier alpha value is -1.20. The van der Waals surface area contributed by atoms with E-state index in [0.717, 1.165) is 18.4 Å². The van der Waals surface area contributed by atoms with E-state index >= 15 is 0 Å². The smallest absolute Gasteiger partial charge is 0.254 e. The van der Waals surface area contributed by atoms with Gasteiger partial charge in [0.15, 0.2) is 0 Å². The van der Waals surface area contributed by atoms with Gasteiger partial charge in [-0.05, 0) is 69.4 Å². The predicted molar refractivity (Wildman–Crippen MR) is 81.3 cm³/mol. The summed E-state index contributed by atoms with van der Waals surface area (Å²) in [5, 5.41) is 4.07. The van der Waals surface area contributed by atoms with E-state index in [2.05, 4.69) is 21.3 Å². The summed E-state index contributed by atoms with van der Waals surface area (Å²) in [4.78, 5) is 14.5. The topological polar surface area (TPSA) is 20.3 Å². The van der Waals surface area contributed by atoms with E-state index in [0.29, 0.717) is 22.6 Å². The monoisotopic (exact) mass is 353 g/mol. The molecule has 0 spiro atoms. The van der Waals surface area contributed by atoms with Gasteiger partial charge in [0, 0.05) is 18.2 Å². The zero-order valence-electron chi connectivity index (χ0n) is 10.7. The highest BCUT2D eigenvalue weighted by Gasteiger charge is 2.33. The maximum absolute atomic E-state index is 13.3. The van der Waals surface area contributed by atoms with Crippen LogP contribution in [-0.4, -0.2) is 16.8 Å². The standard InChI is InChI=1S/C15H13BrFNOS/c16-13-7-11(1-4-14(13)17)15(19)18(12-2-3-12)8-10-5-6-20-9-10/h1,4-7,9,12H,2-3,8H2. The summed E-state index contributed by atoms with van der Waals surface area (Å²) in [5.74, 6) is -0.378. The van der Waals surface area contributed by atoms with Crippen LogP contribution in [0.4, 0.5) is 4.39 Å². The largest absolute Gasteiger partial charge is 0.331 e. The molecular formula is C15H13BrFNOS. The van der Waals surface area contributed by atoms with E-state index < -0.39 is 0 Å². The minimum absolute atomic E-state index is 0.0283. The predicted octanol–water partition coefficient (Wildman–Crippen LogP) is 4.45. The van der Waals surface area contributed by atoms with E-state index in [1.54, 1.807) is 23.5 Å². The van der Waals surface area contributed by atoms with Crippen molar-refractivity contribution in [3.05, 3.63) is 56.4 Å². The van der Waals surface area contributed by atoms with E-state index in [-0.39, 0.29) is 11.7 Å². The van der Waals surface area contributed by atoms with Crippen LogP contribution in [0.1, 0.15) is 28.8 Å². The Morgan fingerprint density at radius 3 is 2.80 bits per heavy atom. The van der Waals surface area contributed by atoms with Crippen molar-refractivity contribution < 1.29 is 9.18 Å². The first-order valence-electron chi connectivity index (χ1n) is 6.42. The van der Waals surface area contributed by atoms with Gasteiger partial charge >= 0.3 is 0 Å². The van der Waals surface area contributed by atoms with Crippen molar-refractivity contribution in [2.75, 3.05) is 0 Å². The second-order valence-corrected chi connectivity index (χ2v) is 6.56. The summed E-state index contributed by atoms with van der Waals surface area (Å²) in [6, 6.07) is 6.79. The Bertz CT molecular complexity index is 625. The Morgan fingerprint density at radius 1 is 1.40 bits per heavy atom. The number of halogens is 2. The van der Waals surface area contributed by atoms with Crippen LogP contribution in [0, 0.1) is 5.82 Å². The van der Waals surface area contributed by atoms with Crippen LogP contribution >= 0.6 is 27.3 Å². The number of benzene rings is 1. The first kappa shape index (κ1) is 13.8. The number of hydrogen-bond donors (Lipinski definition) is 0. The molecule has 1 saturated carbocycles. The van der Waals surface area contributed by atoms with Crippen LogP contribution in [0.5, 0.6) is 0 Å². The fraction of sp³-hybridized carbons (Fsp3) is 0.267. The molecule has 5 heteroatoms. The zero-order chi connectivity index (χ0) is 14.1. The molecule has 0 unspecified atom stereocenters. The highest BCUT2D eigenvalue weighted by molar-refractivity contribution is 9.10. The lowest BCUT2D eigenvalue weighted by atomic mass is 10.1. The molecule has 0 N–H and O–H groups in total. The summed E-state index contributed by atoms with van der Waals surface area (Å²) in [6.45, 7) is 0.627. The van der Waals surface area contributed by atoms with Gasteiger partial charge in [0.2, 0.25) is 0 Å². The summed E-state index contributed by atoms with van der Waals surface area (Å²) in [7, 11) is 0. The average Bonchev–Trinajstić information content (AvgIpc) is 3.15. The van der Waals surface area contributed by atoms with Crippen molar-refractivity contribution in [1.29, 1.82) is 0 Å². The van der Waals surface area contributed by atoms with Crippen molar-refractivity contribution in [3.63, 3.8) is 0 Å². The van der Waals surface area contributed by atoms with Crippen molar-refractivity contribution in [2.24, 2.45) is 0 Å². The number of rotatable bonds is 4. The molecule has 1 aliphatic carbocycles. The molecule has 0 saturated heterocycles. The molecule has 2 aromatic rings. The van der Waals surface area contributed by atoms with Crippen LogP contribution in [0.15, 0.2) is 39.5 Å². The molecule has 0 atom stereocenters. The lowest BCUT2D eigenvalue weighted by molar-refractivity contribution is 0.0730. The molecule has 0 bridgehead atoms. The molecule has 1 aromatic heterocycles. The van der Waals surface area contributed by atoms with Gasteiger partial charge in [-0.3, -0.25) is 4.79 Å². The molecule has 104 valence electrons. The fourth-order valence-corrected chi connectivity index (χ4v) is 3.17. The number of nitrogens with zero attached hydrogens (tertiary/aromatic N) is 1. The molecule has 0 radical (unpaired) electrons. The quantitative estimate of drug-likeness (QED) is 0.794. The first-order chi connectivity index (χ1) is 9.65. The normalized spacial score (nSPS) is 14.3. The third-order valence-electron chi connectivity index (χ3n) is 3.35. The molecule has 3 rings (SSSR count). The van der Waals surface area contributed by atoms with Gasteiger partial charge in [0.25, 0.3) is 5.91 Å². The Morgan fingerprint density at radius 2 is 2.20 bits per heavy atom. The minimum atomic E-state index is -0.350. The van der Waals surface area contributed by atoms with Gasteiger partial charge in [-0.15, -0.1) is 0 Å². The summed E-state index contributed by atoms with van der Waals surface area (Å²) < 4.78 is 13.6. The number of carbonyl (C=O) groups excluding carboxylic acids is 1. The third kappa shape index (κ3) is 2.94. The highest BCUT2D eigenvalue weighted by Crippen LogP contribution is 2.30. The van der Waals surface area contributed by atoms with Crippen molar-refractivity contribution in [2.45, 2.75) is 25.4 Å². The molecule has 1 amide bonds. The maximum atomic E-state index is 13.3. The molecular weight excluding hydrogens is 341 g/mol. The molecule has 0 aliphatic heterocycles. The number of carbonyl (C=O) groups is 1. The Labute approximate surface area is 129 Å². The maximum Gasteiger partial charge on any atom is 0.254 e. The summed E-state index contributed by atoms with van der Waals surface area (Å²) in [5.41, 5.74) is 1.68. The van der Waals surface area contributed by atoms with Crippen LogP contribution in [0.2, 0.25) is 0 Å². The van der Waals surface area contributed by atoms with E-state index in [1.165, 1.54) is 6.07 Å². The first-order valence-corrected chi connectivity index (χ1v) is 8.16. The average molecular weight is 354 g/mol. The van der Waals surface area contributed by atoms with Gasteiger partial charge in [0.05, 0.1) is 4.47 Å². The molecule has 1 heterocycles.